The Bertz CT molecular complexity index is 698. The summed E-state index contributed by atoms with van der Waals surface area (Å²) in [6.45, 7) is 2.18. The predicted molar refractivity (Wildman–Crippen MR) is 86.9 cm³/mol. The van der Waals surface area contributed by atoms with Gasteiger partial charge in [-0.05, 0) is 32.6 Å². The standard InChI is InChI=1S/C15H24N4O3S/c1-11-6-8-23(21,22)9-7-19(11)15(20)16-13-4-3-5-14-12(13)10-18(2)17-14/h10-11,13H,3-9H2,1-2H3,(H,16,20)/t11-,13-/m0/s1. The summed E-state index contributed by atoms with van der Waals surface area (Å²) in [7, 11) is -1.14. The average molecular weight is 340 g/mol. The van der Waals surface area contributed by atoms with Crippen molar-refractivity contribution in [2.45, 2.75) is 44.7 Å². The molecular weight excluding hydrogens is 316 g/mol. The average Bonchev–Trinajstić information content (AvgIpc) is 2.80. The van der Waals surface area contributed by atoms with Gasteiger partial charge in [0.15, 0.2) is 9.84 Å². The molecule has 1 aromatic heterocycles. The minimum atomic E-state index is -3.03. The van der Waals surface area contributed by atoms with E-state index >= 15 is 0 Å². The van der Waals surface area contributed by atoms with Crippen molar-refractivity contribution < 1.29 is 13.2 Å². The van der Waals surface area contributed by atoms with Gasteiger partial charge in [-0.3, -0.25) is 4.68 Å². The van der Waals surface area contributed by atoms with Gasteiger partial charge in [0.2, 0.25) is 0 Å². The Balaban J connectivity index is 1.72. The molecule has 2 heterocycles. The van der Waals surface area contributed by atoms with E-state index in [9.17, 15) is 13.2 Å². The fourth-order valence-electron chi connectivity index (χ4n) is 3.42. The number of nitrogens with one attached hydrogen (secondary N) is 1. The molecule has 128 valence electrons. The zero-order valence-electron chi connectivity index (χ0n) is 13.7. The second kappa shape index (κ2) is 6.14. The van der Waals surface area contributed by atoms with Crippen LogP contribution in [0.3, 0.4) is 0 Å². The monoisotopic (exact) mass is 340 g/mol. The lowest BCUT2D eigenvalue weighted by Gasteiger charge is -2.30. The molecule has 0 unspecified atom stereocenters. The molecule has 3 rings (SSSR count). The maximum Gasteiger partial charge on any atom is 0.318 e. The zero-order valence-corrected chi connectivity index (χ0v) is 14.5. The molecule has 0 radical (unpaired) electrons. The summed E-state index contributed by atoms with van der Waals surface area (Å²) in [5.41, 5.74) is 2.14. The van der Waals surface area contributed by atoms with Gasteiger partial charge < -0.3 is 10.2 Å². The van der Waals surface area contributed by atoms with E-state index in [-0.39, 0.29) is 36.2 Å². The summed E-state index contributed by atoms with van der Waals surface area (Å²) in [5.74, 6) is 0.210. The van der Waals surface area contributed by atoms with Gasteiger partial charge in [0.1, 0.15) is 0 Å². The third-order valence-corrected chi connectivity index (χ3v) is 6.46. The van der Waals surface area contributed by atoms with Crippen LogP contribution < -0.4 is 5.32 Å². The number of aryl methyl sites for hydroxylation is 2. The number of nitrogens with zero attached hydrogens (tertiary/aromatic N) is 3. The molecule has 0 saturated carbocycles. The summed E-state index contributed by atoms with van der Waals surface area (Å²) >= 11 is 0. The van der Waals surface area contributed by atoms with E-state index < -0.39 is 9.84 Å². The first-order valence-electron chi connectivity index (χ1n) is 8.16. The number of carbonyl (C=O) groups excluding carboxylic acids is 1. The Morgan fingerprint density at radius 2 is 2.13 bits per heavy atom. The summed E-state index contributed by atoms with van der Waals surface area (Å²) in [5, 5.41) is 7.53. The molecule has 0 spiro atoms. The van der Waals surface area contributed by atoms with E-state index in [2.05, 4.69) is 10.4 Å². The maximum absolute atomic E-state index is 12.6. The largest absolute Gasteiger partial charge is 0.331 e. The number of hydrogen-bond donors (Lipinski definition) is 1. The topological polar surface area (TPSA) is 84.3 Å². The Labute approximate surface area is 137 Å². The third kappa shape index (κ3) is 3.52. The van der Waals surface area contributed by atoms with Crippen molar-refractivity contribution >= 4 is 15.9 Å². The van der Waals surface area contributed by atoms with E-state index in [1.807, 2.05) is 20.2 Å². The third-order valence-electron chi connectivity index (χ3n) is 4.80. The molecule has 2 amide bonds. The van der Waals surface area contributed by atoms with Crippen LogP contribution in [0.5, 0.6) is 0 Å². The lowest BCUT2D eigenvalue weighted by molar-refractivity contribution is 0.178. The number of sulfone groups is 1. The summed E-state index contributed by atoms with van der Waals surface area (Å²) in [6, 6.07) is -0.271. The number of aromatic nitrogens is 2. The molecule has 1 N–H and O–H groups in total. The van der Waals surface area contributed by atoms with Crippen LogP contribution >= 0.6 is 0 Å². The van der Waals surface area contributed by atoms with Crippen molar-refractivity contribution in [3.8, 4) is 0 Å². The Kier molecular flexibility index (Phi) is 4.35. The molecule has 1 aliphatic heterocycles. The molecule has 0 bridgehead atoms. The fraction of sp³-hybridized carbons (Fsp3) is 0.733. The first-order valence-corrected chi connectivity index (χ1v) is 9.98. The van der Waals surface area contributed by atoms with Crippen molar-refractivity contribution in [1.82, 2.24) is 20.0 Å². The molecule has 2 atom stereocenters. The van der Waals surface area contributed by atoms with Crippen LogP contribution in [-0.2, 0) is 23.3 Å². The quantitative estimate of drug-likeness (QED) is 0.827. The molecule has 8 heteroatoms. The second-order valence-electron chi connectivity index (χ2n) is 6.58. The Morgan fingerprint density at radius 3 is 2.91 bits per heavy atom. The molecule has 1 fully saturated rings. The minimum absolute atomic E-state index is 0.0352. The van der Waals surface area contributed by atoms with Crippen LogP contribution in [-0.4, -0.2) is 53.2 Å². The van der Waals surface area contributed by atoms with Crippen LogP contribution in [0.2, 0.25) is 0 Å². The second-order valence-corrected chi connectivity index (χ2v) is 8.89. The highest BCUT2D eigenvalue weighted by Gasteiger charge is 2.31. The number of fused-ring (bicyclic) bond motifs is 1. The maximum atomic E-state index is 12.6. The van der Waals surface area contributed by atoms with Gasteiger partial charge in [0.05, 0.1) is 23.2 Å². The normalized spacial score (nSPS) is 27.1. The molecule has 1 aliphatic carbocycles. The summed E-state index contributed by atoms with van der Waals surface area (Å²) in [4.78, 5) is 14.3. The highest BCUT2D eigenvalue weighted by Crippen LogP contribution is 2.29. The lowest BCUT2D eigenvalue weighted by Crippen LogP contribution is -2.47. The van der Waals surface area contributed by atoms with E-state index in [4.69, 9.17) is 0 Å². The van der Waals surface area contributed by atoms with Crippen LogP contribution in [0.25, 0.3) is 0 Å². The fourth-order valence-corrected chi connectivity index (χ4v) is 4.80. The van der Waals surface area contributed by atoms with Gasteiger partial charge in [-0.15, -0.1) is 0 Å². The summed E-state index contributed by atoms with van der Waals surface area (Å²) < 4.78 is 25.3. The minimum Gasteiger partial charge on any atom is -0.331 e. The van der Waals surface area contributed by atoms with Gasteiger partial charge in [-0.2, -0.15) is 5.10 Å². The number of carbonyl (C=O) groups is 1. The van der Waals surface area contributed by atoms with Crippen LogP contribution in [0.1, 0.15) is 43.5 Å². The first kappa shape index (κ1) is 16.3. The van der Waals surface area contributed by atoms with E-state index in [0.717, 1.165) is 30.5 Å². The van der Waals surface area contributed by atoms with Crippen LogP contribution in [0.4, 0.5) is 4.79 Å². The van der Waals surface area contributed by atoms with Gasteiger partial charge in [0.25, 0.3) is 0 Å². The van der Waals surface area contributed by atoms with E-state index in [1.165, 1.54) is 0 Å². The molecule has 1 aromatic rings. The van der Waals surface area contributed by atoms with Gasteiger partial charge in [-0.1, -0.05) is 0 Å². The van der Waals surface area contributed by atoms with Crippen molar-refractivity contribution in [3.63, 3.8) is 0 Å². The number of urea groups is 1. The number of rotatable bonds is 1. The predicted octanol–water partition coefficient (Wildman–Crippen LogP) is 1.02. The Morgan fingerprint density at radius 1 is 1.35 bits per heavy atom. The van der Waals surface area contributed by atoms with Gasteiger partial charge >= 0.3 is 6.03 Å². The SMILES string of the molecule is C[C@H]1CCS(=O)(=O)CCN1C(=O)N[C@H]1CCCc2nn(C)cc21. The Hall–Kier alpha value is -1.57. The van der Waals surface area contributed by atoms with Gasteiger partial charge in [0, 0.05) is 31.4 Å². The van der Waals surface area contributed by atoms with E-state index in [1.54, 1.807) is 9.58 Å². The lowest BCUT2D eigenvalue weighted by atomic mass is 9.93. The van der Waals surface area contributed by atoms with Crippen molar-refractivity contribution in [1.29, 1.82) is 0 Å². The molecule has 0 aromatic carbocycles. The molecular formula is C15H24N4O3S. The molecule has 1 saturated heterocycles. The first-order chi connectivity index (χ1) is 10.9. The highest BCUT2D eigenvalue weighted by molar-refractivity contribution is 7.91. The number of hydrogen-bond acceptors (Lipinski definition) is 4. The van der Waals surface area contributed by atoms with Gasteiger partial charge in [-0.25, -0.2) is 13.2 Å². The van der Waals surface area contributed by atoms with Crippen molar-refractivity contribution in [3.05, 3.63) is 17.5 Å². The van der Waals surface area contributed by atoms with Crippen LogP contribution in [0.15, 0.2) is 6.20 Å². The van der Waals surface area contributed by atoms with Crippen LogP contribution in [0, 0.1) is 0 Å². The van der Waals surface area contributed by atoms with E-state index in [0.29, 0.717) is 6.42 Å². The van der Waals surface area contributed by atoms with Crippen molar-refractivity contribution in [2.75, 3.05) is 18.1 Å². The molecule has 7 nitrogen and oxygen atoms in total. The van der Waals surface area contributed by atoms with Crippen molar-refractivity contribution in [2.24, 2.45) is 7.05 Å². The summed E-state index contributed by atoms with van der Waals surface area (Å²) in [6.07, 6.45) is 5.30. The highest BCUT2D eigenvalue weighted by atomic mass is 32.2. The zero-order chi connectivity index (χ0) is 16.6. The molecule has 2 aliphatic rings. The smallest absolute Gasteiger partial charge is 0.318 e. The molecule has 23 heavy (non-hydrogen) atoms. The number of amides is 2.